The molecule has 2 rings (SSSR count). The van der Waals surface area contributed by atoms with Crippen LogP contribution in [0.25, 0.3) is 11.0 Å². The summed E-state index contributed by atoms with van der Waals surface area (Å²) in [6.45, 7) is 2.75. The minimum absolute atomic E-state index is 0.200. The summed E-state index contributed by atoms with van der Waals surface area (Å²) >= 11 is 0. The van der Waals surface area contributed by atoms with Gasteiger partial charge in [0.25, 0.3) is 0 Å². The van der Waals surface area contributed by atoms with Crippen LogP contribution in [0.4, 0.5) is 5.82 Å². The van der Waals surface area contributed by atoms with E-state index in [4.69, 9.17) is 4.42 Å². The normalized spacial score (nSPS) is 14.7. The fourth-order valence-corrected chi connectivity index (χ4v) is 2.05. The Morgan fingerprint density at radius 1 is 1.53 bits per heavy atom. The second kappa shape index (κ2) is 5.31. The molecular formula is C12H16N2O2S. The fourth-order valence-electron chi connectivity index (χ4n) is 1.60. The van der Waals surface area contributed by atoms with Gasteiger partial charge in [-0.15, -0.1) is 0 Å². The number of anilines is 1. The maximum atomic E-state index is 11.2. The predicted octanol–water partition coefficient (Wildman–Crippen LogP) is 2.40. The van der Waals surface area contributed by atoms with E-state index < -0.39 is 10.8 Å². The van der Waals surface area contributed by atoms with Crippen LogP contribution in [0.5, 0.6) is 0 Å². The SMILES string of the molecule is CC(CCNc1nccc2occc12)S(C)=O. The highest BCUT2D eigenvalue weighted by Gasteiger charge is 2.07. The van der Waals surface area contributed by atoms with Crippen molar-refractivity contribution in [3.63, 3.8) is 0 Å². The molecule has 0 aliphatic heterocycles. The molecule has 0 aliphatic rings. The van der Waals surface area contributed by atoms with E-state index >= 15 is 0 Å². The van der Waals surface area contributed by atoms with E-state index in [0.717, 1.165) is 29.8 Å². The molecule has 0 saturated carbocycles. The molecule has 0 aromatic carbocycles. The second-order valence-corrected chi connectivity index (χ2v) is 5.82. The summed E-state index contributed by atoms with van der Waals surface area (Å²) in [5.74, 6) is 0.824. The van der Waals surface area contributed by atoms with Crippen LogP contribution in [0.1, 0.15) is 13.3 Å². The summed E-state index contributed by atoms with van der Waals surface area (Å²) < 4.78 is 16.5. The largest absolute Gasteiger partial charge is 0.464 e. The van der Waals surface area contributed by atoms with Crippen molar-refractivity contribution in [2.24, 2.45) is 0 Å². The van der Waals surface area contributed by atoms with E-state index in [1.807, 2.05) is 19.1 Å². The Labute approximate surface area is 103 Å². The summed E-state index contributed by atoms with van der Waals surface area (Å²) in [5, 5.41) is 4.44. The Morgan fingerprint density at radius 2 is 2.35 bits per heavy atom. The third-order valence-corrected chi connectivity index (χ3v) is 4.16. The van der Waals surface area contributed by atoms with Gasteiger partial charge in [-0.2, -0.15) is 0 Å². The zero-order valence-electron chi connectivity index (χ0n) is 9.97. The third kappa shape index (κ3) is 2.85. The number of hydrogen-bond acceptors (Lipinski definition) is 4. The molecule has 0 spiro atoms. The number of hydrogen-bond donors (Lipinski definition) is 1. The van der Waals surface area contributed by atoms with Gasteiger partial charge in [-0.25, -0.2) is 4.98 Å². The molecule has 2 heterocycles. The van der Waals surface area contributed by atoms with E-state index in [0.29, 0.717) is 0 Å². The van der Waals surface area contributed by atoms with Gasteiger partial charge in [-0.05, 0) is 18.6 Å². The van der Waals surface area contributed by atoms with E-state index in [1.54, 1.807) is 18.7 Å². The van der Waals surface area contributed by atoms with Gasteiger partial charge >= 0.3 is 0 Å². The quantitative estimate of drug-likeness (QED) is 0.887. The Kier molecular flexibility index (Phi) is 3.78. The van der Waals surface area contributed by atoms with Gasteiger partial charge in [0.05, 0.1) is 11.6 Å². The van der Waals surface area contributed by atoms with E-state index in [9.17, 15) is 4.21 Å². The molecule has 17 heavy (non-hydrogen) atoms. The molecule has 2 aromatic rings. The topological polar surface area (TPSA) is 55.1 Å². The molecule has 4 nitrogen and oxygen atoms in total. The molecule has 2 aromatic heterocycles. The lowest BCUT2D eigenvalue weighted by atomic mass is 10.3. The molecule has 2 atom stereocenters. The molecule has 0 amide bonds. The van der Waals surface area contributed by atoms with Crippen molar-refractivity contribution in [3.8, 4) is 0 Å². The predicted molar refractivity (Wildman–Crippen MR) is 70.6 cm³/mol. The number of rotatable bonds is 5. The Bertz CT molecular complexity index is 524. The van der Waals surface area contributed by atoms with E-state index in [1.165, 1.54) is 0 Å². The van der Waals surface area contributed by atoms with Gasteiger partial charge in [0.1, 0.15) is 11.4 Å². The fraction of sp³-hybridized carbons (Fsp3) is 0.417. The molecule has 0 fully saturated rings. The van der Waals surface area contributed by atoms with Crippen LogP contribution >= 0.6 is 0 Å². The Hall–Kier alpha value is -1.36. The number of pyridine rings is 1. The zero-order chi connectivity index (χ0) is 12.3. The number of nitrogens with one attached hydrogen (secondary N) is 1. The number of fused-ring (bicyclic) bond motifs is 1. The number of furan rings is 1. The van der Waals surface area contributed by atoms with Crippen LogP contribution in [0.2, 0.25) is 0 Å². The molecule has 92 valence electrons. The average Bonchev–Trinajstić information content (AvgIpc) is 2.77. The first-order chi connectivity index (χ1) is 8.18. The molecular weight excluding hydrogens is 236 g/mol. The highest BCUT2D eigenvalue weighted by Crippen LogP contribution is 2.21. The zero-order valence-corrected chi connectivity index (χ0v) is 10.8. The lowest BCUT2D eigenvalue weighted by Crippen LogP contribution is -2.15. The summed E-state index contributed by atoms with van der Waals surface area (Å²) in [4.78, 5) is 4.27. The van der Waals surface area contributed by atoms with Gasteiger partial charge in [0.2, 0.25) is 0 Å². The van der Waals surface area contributed by atoms with Crippen LogP contribution in [0.15, 0.2) is 29.0 Å². The van der Waals surface area contributed by atoms with Crippen molar-refractivity contribution >= 4 is 27.6 Å². The van der Waals surface area contributed by atoms with Gasteiger partial charge in [-0.1, -0.05) is 6.92 Å². The van der Waals surface area contributed by atoms with Gasteiger partial charge < -0.3 is 9.73 Å². The van der Waals surface area contributed by atoms with Crippen molar-refractivity contribution < 1.29 is 8.63 Å². The van der Waals surface area contributed by atoms with Crippen molar-refractivity contribution in [1.29, 1.82) is 0 Å². The molecule has 1 N–H and O–H groups in total. The highest BCUT2D eigenvalue weighted by atomic mass is 32.2. The molecule has 0 radical (unpaired) electrons. The molecule has 5 heteroatoms. The van der Waals surface area contributed by atoms with Crippen molar-refractivity contribution in [2.45, 2.75) is 18.6 Å². The summed E-state index contributed by atoms with van der Waals surface area (Å²) in [6, 6.07) is 3.73. The Morgan fingerprint density at radius 3 is 3.12 bits per heavy atom. The van der Waals surface area contributed by atoms with Crippen molar-refractivity contribution in [2.75, 3.05) is 18.1 Å². The first-order valence-electron chi connectivity index (χ1n) is 5.57. The lowest BCUT2D eigenvalue weighted by Gasteiger charge is -2.09. The lowest BCUT2D eigenvalue weighted by molar-refractivity contribution is 0.615. The van der Waals surface area contributed by atoms with Gasteiger partial charge in [-0.3, -0.25) is 4.21 Å². The smallest absolute Gasteiger partial charge is 0.139 e. The van der Waals surface area contributed by atoms with Gasteiger partial charge in [0.15, 0.2) is 0 Å². The second-order valence-electron chi connectivity index (χ2n) is 4.02. The first-order valence-corrected chi connectivity index (χ1v) is 7.19. The van der Waals surface area contributed by atoms with Crippen LogP contribution in [0.3, 0.4) is 0 Å². The summed E-state index contributed by atoms with van der Waals surface area (Å²) in [7, 11) is -0.766. The van der Waals surface area contributed by atoms with Crippen LogP contribution < -0.4 is 5.32 Å². The van der Waals surface area contributed by atoms with Crippen molar-refractivity contribution in [1.82, 2.24) is 4.98 Å². The Balaban J connectivity index is 1.99. The molecule has 0 aliphatic carbocycles. The number of aromatic nitrogens is 1. The van der Waals surface area contributed by atoms with E-state index in [-0.39, 0.29) is 5.25 Å². The minimum Gasteiger partial charge on any atom is -0.464 e. The highest BCUT2D eigenvalue weighted by molar-refractivity contribution is 7.84. The van der Waals surface area contributed by atoms with Gasteiger partial charge in [0, 0.05) is 35.0 Å². The maximum absolute atomic E-state index is 11.2. The first kappa shape index (κ1) is 12.1. The standard InChI is InChI=1S/C12H16N2O2S/c1-9(17(2)15)3-6-13-12-10-5-8-16-11(10)4-7-14-12/h4-5,7-9H,3,6H2,1-2H3,(H,13,14). The maximum Gasteiger partial charge on any atom is 0.139 e. The molecule has 0 bridgehead atoms. The molecule has 2 unspecified atom stereocenters. The number of nitrogens with zero attached hydrogens (tertiary/aromatic N) is 1. The van der Waals surface area contributed by atoms with Crippen LogP contribution in [-0.4, -0.2) is 27.2 Å². The van der Waals surface area contributed by atoms with Crippen LogP contribution in [-0.2, 0) is 10.8 Å². The monoisotopic (exact) mass is 252 g/mol. The van der Waals surface area contributed by atoms with Crippen LogP contribution in [0, 0.1) is 0 Å². The van der Waals surface area contributed by atoms with E-state index in [2.05, 4.69) is 10.3 Å². The van der Waals surface area contributed by atoms with Crippen molar-refractivity contribution in [3.05, 3.63) is 24.6 Å². The summed E-state index contributed by atoms with van der Waals surface area (Å²) in [6.07, 6.45) is 5.97. The minimum atomic E-state index is -0.766. The summed E-state index contributed by atoms with van der Waals surface area (Å²) in [5.41, 5.74) is 0.828. The average molecular weight is 252 g/mol. The third-order valence-electron chi connectivity index (χ3n) is 2.79. The molecule has 0 saturated heterocycles.